The second-order valence-corrected chi connectivity index (χ2v) is 8.65. The quantitative estimate of drug-likeness (QED) is 0.157. The van der Waals surface area contributed by atoms with Crippen LogP contribution in [0.4, 0.5) is 0 Å². The van der Waals surface area contributed by atoms with Crippen LogP contribution in [0, 0.1) is 6.92 Å². The van der Waals surface area contributed by atoms with Gasteiger partial charge >= 0.3 is 0 Å². The fourth-order valence-electron chi connectivity index (χ4n) is 4.05. The van der Waals surface area contributed by atoms with Crippen molar-refractivity contribution in [3.8, 4) is 0 Å². The molecule has 3 nitrogen and oxygen atoms in total. The lowest BCUT2D eigenvalue weighted by Gasteiger charge is -2.19. The van der Waals surface area contributed by atoms with Crippen molar-refractivity contribution < 1.29 is 0 Å². The Kier molecular flexibility index (Phi) is 8.65. The molecule has 0 radical (unpaired) electrons. The molecule has 3 rings (SSSR count). The maximum atomic E-state index is 4.63. The number of nitrogens with zero attached hydrogens (tertiary/aromatic N) is 2. The maximum absolute atomic E-state index is 4.63. The minimum absolute atomic E-state index is 1.13. The molecule has 1 heterocycles. The first-order chi connectivity index (χ1) is 13.3. The van der Waals surface area contributed by atoms with Gasteiger partial charge in [0.2, 0.25) is 0 Å². The molecule has 0 unspecified atom stereocenters. The summed E-state index contributed by atoms with van der Waals surface area (Å²) < 4.78 is 1.13. The molecule has 0 atom stereocenters. The molecule has 1 aromatic carbocycles. The van der Waals surface area contributed by atoms with E-state index in [2.05, 4.69) is 68.9 Å². The first-order valence-electron chi connectivity index (χ1n) is 10.6. The van der Waals surface area contributed by atoms with Crippen molar-refractivity contribution in [3.63, 3.8) is 0 Å². The van der Waals surface area contributed by atoms with Gasteiger partial charge in [0.25, 0.3) is 0 Å². The van der Waals surface area contributed by atoms with Crippen LogP contribution in [0.25, 0.3) is 0 Å². The molecule has 1 aliphatic carbocycles. The van der Waals surface area contributed by atoms with Gasteiger partial charge in [-0.1, -0.05) is 58.8 Å². The van der Waals surface area contributed by atoms with E-state index >= 15 is 0 Å². The molecule has 4 heteroatoms. The van der Waals surface area contributed by atoms with Crippen LogP contribution in [0.5, 0.6) is 0 Å². The average molecular weight is 479 g/mol. The number of hydrogen-bond acceptors (Lipinski definition) is 2. The predicted molar refractivity (Wildman–Crippen MR) is 123 cm³/mol. The zero-order valence-electron chi connectivity index (χ0n) is 16.8. The zero-order valence-corrected chi connectivity index (χ0v) is 18.9. The molecular formula is C23H34IN3. The Morgan fingerprint density at radius 3 is 2.56 bits per heavy atom. The van der Waals surface area contributed by atoms with Crippen molar-refractivity contribution in [2.24, 2.45) is 0 Å². The van der Waals surface area contributed by atoms with Crippen molar-refractivity contribution in [3.05, 3.63) is 52.3 Å². The summed E-state index contributed by atoms with van der Waals surface area (Å²) in [5, 5.41) is 7.95. The van der Waals surface area contributed by atoms with Gasteiger partial charge in [0.15, 0.2) is 0 Å². The van der Waals surface area contributed by atoms with E-state index in [1.54, 1.807) is 5.56 Å². The lowest BCUT2D eigenvalue weighted by atomic mass is 10.0. The number of nitrogens with one attached hydrogen (secondary N) is 1. The minimum Gasteiger partial charge on any atom is -0.294 e. The smallest absolute Gasteiger partial charge is 0.0657 e. The molecule has 0 amide bonds. The van der Waals surface area contributed by atoms with Crippen molar-refractivity contribution in [2.75, 3.05) is 17.6 Å². The molecular weight excluding hydrogens is 445 g/mol. The number of benzene rings is 1. The first kappa shape index (κ1) is 20.8. The number of unbranched alkanes of at least 4 members (excludes halogenated alkanes) is 1. The van der Waals surface area contributed by atoms with E-state index in [4.69, 9.17) is 0 Å². The van der Waals surface area contributed by atoms with E-state index in [1.807, 2.05) is 0 Å². The van der Waals surface area contributed by atoms with Crippen molar-refractivity contribution in [2.45, 2.75) is 71.1 Å². The molecule has 0 saturated heterocycles. The Bertz CT molecular complexity index is 677. The number of alkyl halides is 1. The highest BCUT2D eigenvalue weighted by atomic mass is 127. The van der Waals surface area contributed by atoms with E-state index < -0.39 is 0 Å². The van der Waals surface area contributed by atoms with Gasteiger partial charge < -0.3 is 0 Å². The van der Waals surface area contributed by atoms with Gasteiger partial charge in [-0.15, -0.1) is 0 Å². The monoisotopic (exact) mass is 479 g/mol. The molecule has 2 aromatic rings. The predicted octanol–water partition coefficient (Wildman–Crippen LogP) is 5.64. The number of H-pyrrole nitrogens is 1. The first-order valence-corrected chi connectivity index (χ1v) is 12.2. The molecule has 0 fully saturated rings. The van der Waals surface area contributed by atoms with E-state index in [0.717, 1.165) is 11.0 Å². The van der Waals surface area contributed by atoms with E-state index in [1.165, 1.54) is 93.4 Å². The minimum atomic E-state index is 1.13. The van der Waals surface area contributed by atoms with Gasteiger partial charge in [-0.3, -0.25) is 10.00 Å². The number of aromatic nitrogens is 2. The Balaban J connectivity index is 1.35. The summed E-state index contributed by atoms with van der Waals surface area (Å²) in [6.07, 6.45) is 12.6. The Hall–Kier alpha value is -0.880. The third-order valence-electron chi connectivity index (χ3n) is 5.76. The Labute approximate surface area is 178 Å². The van der Waals surface area contributed by atoms with E-state index in [0.29, 0.717) is 0 Å². The van der Waals surface area contributed by atoms with Gasteiger partial charge in [0.05, 0.1) is 10.2 Å². The third kappa shape index (κ3) is 6.60. The summed E-state index contributed by atoms with van der Waals surface area (Å²) in [7, 11) is 0. The molecule has 1 N–H and O–H groups in total. The molecule has 1 aromatic heterocycles. The van der Waals surface area contributed by atoms with Crippen molar-refractivity contribution >= 4 is 22.6 Å². The largest absolute Gasteiger partial charge is 0.294 e. The summed E-state index contributed by atoms with van der Waals surface area (Å²) in [6.45, 7) is 4.56. The molecule has 1 aliphatic rings. The van der Waals surface area contributed by atoms with Crippen LogP contribution in [-0.2, 0) is 25.7 Å². The number of hydrogen-bond donors (Lipinski definition) is 1. The lowest BCUT2D eigenvalue weighted by molar-refractivity contribution is 0.315. The molecule has 0 aliphatic heterocycles. The van der Waals surface area contributed by atoms with Crippen LogP contribution >= 0.6 is 22.6 Å². The average Bonchev–Trinajstić information content (AvgIpc) is 2.91. The molecule has 0 spiro atoms. The van der Waals surface area contributed by atoms with Gasteiger partial charge in [0.1, 0.15) is 0 Å². The van der Waals surface area contributed by atoms with Gasteiger partial charge in [-0.2, -0.15) is 5.10 Å². The van der Waals surface area contributed by atoms with E-state index in [-0.39, 0.29) is 0 Å². The van der Waals surface area contributed by atoms with Crippen LogP contribution in [0.2, 0.25) is 0 Å². The fourth-order valence-corrected chi connectivity index (χ4v) is 4.74. The van der Waals surface area contributed by atoms with Crippen LogP contribution < -0.4 is 0 Å². The number of halogens is 1. The highest BCUT2D eigenvalue weighted by Crippen LogP contribution is 2.22. The number of rotatable bonds is 10. The van der Waals surface area contributed by atoms with Gasteiger partial charge in [-0.25, -0.2) is 0 Å². The SMILES string of the molecule is Cc1ccc(CCCCN(CI)CCCc2n[nH]c3c2CCCCC3)cc1. The normalized spacial score (nSPS) is 14.3. The van der Waals surface area contributed by atoms with Crippen molar-refractivity contribution in [1.82, 2.24) is 15.1 Å². The molecule has 148 valence electrons. The maximum Gasteiger partial charge on any atom is 0.0657 e. The van der Waals surface area contributed by atoms with Gasteiger partial charge in [-0.05, 0) is 88.9 Å². The lowest BCUT2D eigenvalue weighted by Crippen LogP contribution is -2.25. The van der Waals surface area contributed by atoms with Crippen LogP contribution in [0.15, 0.2) is 24.3 Å². The fraction of sp³-hybridized carbons (Fsp3) is 0.609. The number of fused-ring (bicyclic) bond motifs is 1. The summed E-state index contributed by atoms with van der Waals surface area (Å²) in [6, 6.07) is 9.00. The van der Waals surface area contributed by atoms with Crippen LogP contribution in [0.1, 0.15) is 66.6 Å². The zero-order chi connectivity index (χ0) is 18.9. The highest BCUT2D eigenvalue weighted by molar-refractivity contribution is 14.1. The summed E-state index contributed by atoms with van der Waals surface area (Å²) in [5.74, 6) is 0. The van der Waals surface area contributed by atoms with Crippen molar-refractivity contribution in [1.29, 1.82) is 0 Å². The second kappa shape index (κ2) is 11.2. The van der Waals surface area contributed by atoms with Crippen LogP contribution in [-0.4, -0.2) is 32.7 Å². The summed E-state index contributed by atoms with van der Waals surface area (Å²) in [5.41, 5.74) is 7.14. The van der Waals surface area contributed by atoms with E-state index in [9.17, 15) is 0 Å². The third-order valence-corrected chi connectivity index (χ3v) is 6.72. The highest BCUT2D eigenvalue weighted by Gasteiger charge is 2.15. The second-order valence-electron chi connectivity index (χ2n) is 7.97. The molecule has 0 saturated carbocycles. The molecule has 27 heavy (non-hydrogen) atoms. The number of aryl methyl sites for hydroxylation is 4. The summed E-state index contributed by atoms with van der Waals surface area (Å²) in [4.78, 5) is 2.60. The molecule has 0 bridgehead atoms. The number of aromatic amines is 1. The van der Waals surface area contributed by atoms with Crippen LogP contribution in [0.3, 0.4) is 0 Å². The summed E-state index contributed by atoms with van der Waals surface area (Å²) >= 11 is 2.51. The Morgan fingerprint density at radius 2 is 1.74 bits per heavy atom. The topological polar surface area (TPSA) is 31.9 Å². The Morgan fingerprint density at radius 1 is 0.963 bits per heavy atom. The standard InChI is InChI=1S/C23H34IN3/c1-19-12-14-20(15-13-19)8-5-6-16-27(18-24)17-7-11-23-21-9-3-2-4-10-22(21)25-26-23/h12-15H,2-11,16-18H2,1H3,(H,25,26). The van der Waals surface area contributed by atoms with Gasteiger partial charge in [0, 0.05) is 5.69 Å².